The Bertz CT molecular complexity index is 1160. The summed E-state index contributed by atoms with van der Waals surface area (Å²) in [5.41, 5.74) is 7.12. The number of para-hydroxylation sites is 1. The highest BCUT2D eigenvalue weighted by Gasteiger charge is 2.10. The van der Waals surface area contributed by atoms with Gasteiger partial charge in [0.2, 0.25) is 5.91 Å². The molecule has 0 unspecified atom stereocenters. The quantitative estimate of drug-likeness (QED) is 0.363. The number of rotatable bonds is 8. The first kappa shape index (κ1) is 20.7. The molecule has 2 aromatic carbocycles. The summed E-state index contributed by atoms with van der Waals surface area (Å²) in [5, 5.41) is 6.23. The summed E-state index contributed by atoms with van der Waals surface area (Å²) in [5.74, 6) is 0.920. The van der Waals surface area contributed by atoms with Crippen molar-refractivity contribution in [1.82, 2.24) is 15.3 Å². The molecule has 0 spiro atoms. The molecule has 2 N–H and O–H groups in total. The van der Waals surface area contributed by atoms with Crippen molar-refractivity contribution in [2.45, 2.75) is 36.8 Å². The molecule has 0 saturated heterocycles. The molecule has 6 heteroatoms. The Balaban J connectivity index is 1.25. The van der Waals surface area contributed by atoms with E-state index >= 15 is 0 Å². The van der Waals surface area contributed by atoms with E-state index in [0.29, 0.717) is 13.0 Å². The van der Waals surface area contributed by atoms with Crippen LogP contribution >= 0.6 is 23.1 Å². The monoisotopic (exact) mass is 435 g/mol. The highest BCUT2D eigenvalue weighted by Crippen LogP contribution is 2.28. The van der Waals surface area contributed by atoms with Crippen LogP contribution in [-0.4, -0.2) is 22.4 Å². The number of carbonyl (C=O) groups excluding carboxylic acids is 1. The predicted molar refractivity (Wildman–Crippen MR) is 126 cm³/mol. The standard InChI is InChI=1S/C24H25N3OS2/c1-16-7-8-17(2)19(11-16)14-29-24-27-20(15-30-24)12-23(28)25-10-9-18-13-26-22-6-4-3-5-21(18)22/h3-8,11,13,15,26H,9-10,12,14H2,1-2H3,(H,25,28). The van der Waals surface area contributed by atoms with Crippen molar-refractivity contribution in [3.8, 4) is 0 Å². The molecule has 2 heterocycles. The van der Waals surface area contributed by atoms with Crippen molar-refractivity contribution in [3.05, 3.63) is 82.0 Å². The van der Waals surface area contributed by atoms with Gasteiger partial charge in [0.15, 0.2) is 0 Å². The molecule has 4 nitrogen and oxygen atoms in total. The maximum absolute atomic E-state index is 12.3. The average molecular weight is 436 g/mol. The minimum absolute atomic E-state index is 0.0196. The van der Waals surface area contributed by atoms with Crippen LogP contribution in [-0.2, 0) is 23.4 Å². The summed E-state index contributed by atoms with van der Waals surface area (Å²) in [6, 6.07) is 14.8. The molecular weight excluding hydrogens is 410 g/mol. The number of aryl methyl sites for hydroxylation is 2. The Kier molecular flexibility index (Phi) is 6.55. The van der Waals surface area contributed by atoms with Gasteiger partial charge in [-0.25, -0.2) is 4.98 Å². The second-order valence-corrected chi connectivity index (χ2v) is 9.54. The molecule has 0 fully saturated rings. The van der Waals surface area contributed by atoms with Gasteiger partial charge in [0.05, 0.1) is 12.1 Å². The van der Waals surface area contributed by atoms with Crippen LogP contribution in [0.25, 0.3) is 10.9 Å². The predicted octanol–water partition coefficient (Wildman–Crippen LogP) is 5.43. The Morgan fingerprint density at radius 1 is 1.17 bits per heavy atom. The molecule has 0 aliphatic carbocycles. The lowest BCUT2D eigenvalue weighted by Crippen LogP contribution is -2.27. The molecule has 2 aromatic heterocycles. The number of benzene rings is 2. The number of aromatic nitrogens is 2. The van der Waals surface area contributed by atoms with Gasteiger partial charge in [-0.2, -0.15) is 0 Å². The lowest BCUT2D eigenvalue weighted by Gasteiger charge is -2.05. The highest BCUT2D eigenvalue weighted by molar-refractivity contribution is 8.00. The lowest BCUT2D eigenvalue weighted by atomic mass is 10.1. The molecular formula is C24H25N3OS2. The van der Waals surface area contributed by atoms with Gasteiger partial charge in [-0.3, -0.25) is 4.79 Å². The summed E-state index contributed by atoms with van der Waals surface area (Å²) in [6.45, 7) is 4.88. The van der Waals surface area contributed by atoms with E-state index in [-0.39, 0.29) is 5.91 Å². The zero-order valence-electron chi connectivity index (χ0n) is 17.2. The third-order valence-electron chi connectivity index (χ3n) is 5.12. The van der Waals surface area contributed by atoms with Crippen molar-refractivity contribution in [1.29, 1.82) is 0 Å². The first-order chi connectivity index (χ1) is 14.6. The topological polar surface area (TPSA) is 57.8 Å². The van der Waals surface area contributed by atoms with Gasteiger partial charge in [-0.1, -0.05) is 53.7 Å². The summed E-state index contributed by atoms with van der Waals surface area (Å²) in [6.07, 6.45) is 3.16. The van der Waals surface area contributed by atoms with Crippen LogP contribution in [0, 0.1) is 13.8 Å². The number of fused-ring (bicyclic) bond motifs is 1. The van der Waals surface area contributed by atoms with Crippen molar-refractivity contribution < 1.29 is 4.79 Å². The summed E-state index contributed by atoms with van der Waals surface area (Å²) >= 11 is 3.35. The molecule has 4 aromatic rings. The number of hydrogen-bond donors (Lipinski definition) is 2. The van der Waals surface area contributed by atoms with E-state index in [4.69, 9.17) is 0 Å². The number of thioether (sulfide) groups is 1. The molecule has 30 heavy (non-hydrogen) atoms. The van der Waals surface area contributed by atoms with E-state index in [2.05, 4.69) is 59.5 Å². The van der Waals surface area contributed by atoms with Crippen molar-refractivity contribution in [2.24, 2.45) is 0 Å². The molecule has 0 saturated carbocycles. The van der Waals surface area contributed by atoms with Crippen LogP contribution in [0.1, 0.15) is 27.9 Å². The van der Waals surface area contributed by atoms with Gasteiger partial charge >= 0.3 is 0 Å². The number of thiazole rings is 1. The van der Waals surface area contributed by atoms with Crippen LogP contribution in [0.15, 0.2) is 58.4 Å². The van der Waals surface area contributed by atoms with Crippen LogP contribution < -0.4 is 5.32 Å². The van der Waals surface area contributed by atoms with E-state index in [1.165, 1.54) is 27.6 Å². The van der Waals surface area contributed by atoms with E-state index in [1.54, 1.807) is 23.1 Å². The van der Waals surface area contributed by atoms with Gasteiger partial charge in [0.1, 0.15) is 4.34 Å². The van der Waals surface area contributed by atoms with E-state index in [9.17, 15) is 4.79 Å². The van der Waals surface area contributed by atoms with Gasteiger partial charge in [0.25, 0.3) is 0 Å². The number of carbonyl (C=O) groups is 1. The molecule has 1 amide bonds. The van der Waals surface area contributed by atoms with Crippen LogP contribution in [0.4, 0.5) is 0 Å². The second-order valence-electron chi connectivity index (χ2n) is 7.46. The molecule has 154 valence electrons. The van der Waals surface area contributed by atoms with Crippen molar-refractivity contribution in [3.63, 3.8) is 0 Å². The first-order valence-corrected chi connectivity index (χ1v) is 11.9. The number of hydrogen-bond acceptors (Lipinski definition) is 4. The molecule has 4 rings (SSSR count). The summed E-state index contributed by atoms with van der Waals surface area (Å²) < 4.78 is 1.01. The van der Waals surface area contributed by atoms with Gasteiger partial charge in [-0.05, 0) is 43.0 Å². The minimum Gasteiger partial charge on any atom is -0.361 e. The van der Waals surface area contributed by atoms with Crippen LogP contribution in [0.5, 0.6) is 0 Å². The Morgan fingerprint density at radius 2 is 2.03 bits per heavy atom. The minimum atomic E-state index is 0.0196. The van der Waals surface area contributed by atoms with Crippen molar-refractivity contribution >= 4 is 39.9 Å². The maximum atomic E-state index is 12.3. The van der Waals surface area contributed by atoms with E-state index in [0.717, 1.165) is 27.7 Å². The van der Waals surface area contributed by atoms with Gasteiger partial charge < -0.3 is 10.3 Å². The Labute approximate surface area is 185 Å². The molecule has 0 atom stereocenters. The number of nitrogens with zero attached hydrogens (tertiary/aromatic N) is 1. The smallest absolute Gasteiger partial charge is 0.226 e. The fourth-order valence-electron chi connectivity index (χ4n) is 3.43. The number of amides is 1. The Morgan fingerprint density at radius 3 is 2.93 bits per heavy atom. The fourth-order valence-corrected chi connectivity index (χ4v) is 5.34. The second kappa shape index (κ2) is 9.49. The average Bonchev–Trinajstić information content (AvgIpc) is 3.36. The molecule has 0 radical (unpaired) electrons. The van der Waals surface area contributed by atoms with E-state index in [1.807, 2.05) is 23.7 Å². The summed E-state index contributed by atoms with van der Waals surface area (Å²) in [7, 11) is 0. The highest BCUT2D eigenvalue weighted by atomic mass is 32.2. The zero-order chi connectivity index (χ0) is 20.9. The molecule has 0 bridgehead atoms. The largest absolute Gasteiger partial charge is 0.361 e. The maximum Gasteiger partial charge on any atom is 0.226 e. The van der Waals surface area contributed by atoms with Crippen LogP contribution in [0.2, 0.25) is 0 Å². The van der Waals surface area contributed by atoms with Gasteiger partial charge in [0, 0.05) is 34.8 Å². The Hall–Kier alpha value is -2.57. The zero-order valence-corrected chi connectivity index (χ0v) is 18.8. The molecule has 0 aliphatic heterocycles. The number of H-pyrrole nitrogens is 1. The van der Waals surface area contributed by atoms with Crippen LogP contribution in [0.3, 0.4) is 0 Å². The summed E-state index contributed by atoms with van der Waals surface area (Å²) in [4.78, 5) is 20.2. The third-order valence-corrected chi connectivity index (χ3v) is 7.24. The third kappa shape index (κ3) is 5.12. The fraction of sp³-hybridized carbons (Fsp3) is 0.250. The SMILES string of the molecule is Cc1ccc(C)c(CSc2nc(CC(=O)NCCc3c[nH]c4ccccc34)cs2)c1. The van der Waals surface area contributed by atoms with Gasteiger partial charge in [-0.15, -0.1) is 11.3 Å². The molecule has 0 aliphatic rings. The first-order valence-electron chi connectivity index (χ1n) is 10.0. The van der Waals surface area contributed by atoms with Crippen molar-refractivity contribution in [2.75, 3.05) is 6.54 Å². The lowest BCUT2D eigenvalue weighted by molar-refractivity contribution is -0.120. The van der Waals surface area contributed by atoms with E-state index < -0.39 is 0 Å². The number of nitrogens with one attached hydrogen (secondary N) is 2. The number of aromatic amines is 1. The normalized spacial score (nSPS) is 11.1.